The highest BCUT2D eigenvalue weighted by Gasteiger charge is 2.13. The third-order valence-corrected chi connectivity index (χ3v) is 6.02. The Bertz CT molecular complexity index is 1170. The highest BCUT2D eigenvalue weighted by atomic mass is 35.5. The maximum atomic E-state index is 6.22. The molecule has 2 aromatic carbocycles. The fourth-order valence-electron chi connectivity index (χ4n) is 3.45. The molecule has 0 unspecified atom stereocenters. The highest BCUT2D eigenvalue weighted by Crippen LogP contribution is 2.40. The standard InChI is InChI=1S/C24H20ClNOS/c1-15-10-16(2)12-19(11-15)23-24-18(6-8-26-23)14-22(28-24)21-5-4-20(25)13-17(21)7-9-27-3/h4-14H,1-3H3/b9-7+. The van der Waals surface area contributed by atoms with Gasteiger partial charge in [-0.2, -0.15) is 0 Å². The quantitative estimate of drug-likeness (QED) is 0.327. The van der Waals surface area contributed by atoms with E-state index in [0.29, 0.717) is 5.02 Å². The van der Waals surface area contributed by atoms with E-state index in [2.05, 4.69) is 50.2 Å². The molecule has 0 spiro atoms. The number of methoxy groups -OCH3 is 1. The third kappa shape index (κ3) is 3.68. The Hall–Kier alpha value is -2.62. The Labute approximate surface area is 174 Å². The van der Waals surface area contributed by atoms with Gasteiger partial charge in [0.1, 0.15) is 0 Å². The number of thiophene rings is 1. The summed E-state index contributed by atoms with van der Waals surface area (Å²) in [5.41, 5.74) is 6.84. The first-order valence-electron chi connectivity index (χ1n) is 9.01. The molecular formula is C24H20ClNOS. The van der Waals surface area contributed by atoms with E-state index in [-0.39, 0.29) is 0 Å². The summed E-state index contributed by atoms with van der Waals surface area (Å²) in [5.74, 6) is 0. The van der Waals surface area contributed by atoms with E-state index in [0.717, 1.165) is 22.4 Å². The molecule has 140 valence electrons. The van der Waals surface area contributed by atoms with Crippen molar-refractivity contribution >= 4 is 39.1 Å². The first-order valence-corrected chi connectivity index (χ1v) is 10.2. The van der Waals surface area contributed by atoms with Gasteiger partial charge in [-0.05, 0) is 72.8 Å². The summed E-state index contributed by atoms with van der Waals surface area (Å²) < 4.78 is 6.30. The normalized spacial score (nSPS) is 11.4. The Morgan fingerprint density at radius 3 is 2.54 bits per heavy atom. The Morgan fingerprint density at radius 1 is 1.00 bits per heavy atom. The van der Waals surface area contributed by atoms with Gasteiger partial charge in [-0.1, -0.05) is 34.9 Å². The van der Waals surface area contributed by atoms with Crippen LogP contribution in [0.2, 0.25) is 5.02 Å². The summed E-state index contributed by atoms with van der Waals surface area (Å²) in [6.07, 6.45) is 5.50. The van der Waals surface area contributed by atoms with E-state index in [1.807, 2.05) is 24.4 Å². The van der Waals surface area contributed by atoms with Crippen molar-refractivity contribution in [2.45, 2.75) is 13.8 Å². The summed E-state index contributed by atoms with van der Waals surface area (Å²) in [5, 5.41) is 1.90. The molecule has 2 nitrogen and oxygen atoms in total. The van der Waals surface area contributed by atoms with E-state index in [4.69, 9.17) is 21.3 Å². The van der Waals surface area contributed by atoms with E-state index in [9.17, 15) is 0 Å². The second-order valence-electron chi connectivity index (χ2n) is 6.83. The van der Waals surface area contributed by atoms with Gasteiger partial charge < -0.3 is 4.74 Å². The zero-order valence-corrected chi connectivity index (χ0v) is 17.6. The molecule has 2 aromatic heterocycles. The second-order valence-corrected chi connectivity index (χ2v) is 8.32. The second kappa shape index (κ2) is 7.78. The molecule has 4 heteroatoms. The monoisotopic (exact) mass is 405 g/mol. The van der Waals surface area contributed by atoms with Crippen LogP contribution in [0.5, 0.6) is 0 Å². The van der Waals surface area contributed by atoms with Crippen LogP contribution >= 0.6 is 22.9 Å². The molecular weight excluding hydrogens is 386 g/mol. The number of rotatable bonds is 4. The van der Waals surface area contributed by atoms with Crippen molar-refractivity contribution in [3.63, 3.8) is 0 Å². The molecule has 0 aliphatic rings. The number of pyridine rings is 1. The van der Waals surface area contributed by atoms with Crippen LogP contribution in [-0.2, 0) is 4.74 Å². The summed E-state index contributed by atoms with van der Waals surface area (Å²) in [7, 11) is 1.64. The first-order chi connectivity index (χ1) is 13.5. The lowest BCUT2D eigenvalue weighted by Crippen LogP contribution is -1.86. The van der Waals surface area contributed by atoms with Gasteiger partial charge >= 0.3 is 0 Å². The third-order valence-electron chi connectivity index (χ3n) is 4.59. The van der Waals surface area contributed by atoms with Gasteiger partial charge in [0.25, 0.3) is 0 Å². The van der Waals surface area contributed by atoms with Crippen LogP contribution in [-0.4, -0.2) is 12.1 Å². The molecule has 0 fully saturated rings. The van der Waals surface area contributed by atoms with E-state index in [1.165, 1.54) is 26.1 Å². The van der Waals surface area contributed by atoms with Crippen molar-refractivity contribution in [1.82, 2.24) is 4.98 Å². The minimum atomic E-state index is 0.707. The summed E-state index contributed by atoms with van der Waals surface area (Å²) in [6, 6.07) is 16.8. The van der Waals surface area contributed by atoms with Crippen LogP contribution in [0, 0.1) is 13.8 Å². The number of aryl methyl sites for hydroxylation is 2. The van der Waals surface area contributed by atoms with Gasteiger partial charge in [-0.25, -0.2) is 0 Å². The van der Waals surface area contributed by atoms with Crippen LogP contribution in [0.25, 0.3) is 37.9 Å². The van der Waals surface area contributed by atoms with Gasteiger partial charge in [-0.3, -0.25) is 4.98 Å². The van der Waals surface area contributed by atoms with Gasteiger partial charge in [0.15, 0.2) is 0 Å². The molecule has 0 radical (unpaired) electrons. The zero-order valence-electron chi connectivity index (χ0n) is 16.0. The van der Waals surface area contributed by atoms with Crippen LogP contribution in [0.3, 0.4) is 0 Å². The summed E-state index contributed by atoms with van der Waals surface area (Å²) in [4.78, 5) is 5.89. The molecule has 2 heterocycles. The lowest BCUT2D eigenvalue weighted by atomic mass is 10.0. The molecule has 0 saturated heterocycles. The maximum absolute atomic E-state index is 6.22. The van der Waals surface area contributed by atoms with Crippen molar-refractivity contribution in [3.05, 3.63) is 82.7 Å². The smallest absolute Gasteiger partial charge is 0.0880 e. The first kappa shape index (κ1) is 18.7. The van der Waals surface area contributed by atoms with Gasteiger partial charge in [0, 0.05) is 21.7 Å². The number of benzene rings is 2. The minimum Gasteiger partial charge on any atom is -0.504 e. The molecule has 4 rings (SSSR count). The zero-order chi connectivity index (χ0) is 19.7. The van der Waals surface area contributed by atoms with Gasteiger partial charge in [0.05, 0.1) is 23.8 Å². The Morgan fingerprint density at radius 2 is 1.79 bits per heavy atom. The summed E-state index contributed by atoms with van der Waals surface area (Å²) >= 11 is 7.97. The molecule has 0 bridgehead atoms. The van der Waals surface area contributed by atoms with Crippen LogP contribution < -0.4 is 0 Å². The van der Waals surface area contributed by atoms with Crippen molar-refractivity contribution < 1.29 is 4.74 Å². The van der Waals surface area contributed by atoms with E-state index < -0.39 is 0 Å². The van der Waals surface area contributed by atoms with Crippen LogP contribution in [0.1, 0.15) is 16.7 Å². The average molecular weight is 406 g/mol. The number of aromatic nitrogens is 1. The molecule has 0 aliphatic heterocycles. The van der Waals surface area contributed by atoms with E-state index >= 15 is 0 Å². The highest BCUT2D eigenvalue weighted by molar-refractivity contribution is 7.22. The van der Waals surface area contributed by atoms with Crippen molar-refractivity contribution in [2.75, 3.05) is 7.11 Å². The Kier molecular flexibility index (Phi) is 5.21. The molecule has 0 amide bonds. The number of ether oxygens (including phenoxy) is 1. The fourth-order valence-corrected chi connectivity index (χ4v) is 4.85. The fraction of sp³-hybridized carbons (Fsp3) is 0.125. The summed E-state index contributed by atoms with van der Waals surface area (Å²) in [6.45, 7) is 4.25. The number of fused-ring (bicyclic) bond motifs is 1. The Balaban J connectivity index is 1.89. The topological polar surface area (TPSA) is 22.1 Å². The van der Waals surface area contributed by atoms with Crippen molar-refractivity contribution in [2.24, 2.45) is 0 Å². The molecule has 4 aromatic rings. The minimum absolute atomic E-state index is 0.707. The molecule has 0 N–H and O–H groups in total. The van der Waals surface area contributed by atoms with Crippen molar-refractivity contribution in [1.29, 1.82) is 0 Å². The predicted molar refractivity (Wildman–Crippen MR) is 121 cm³/mol. The lowest BCUT2D eigenvalue weighted by Gasteiger charge is -2.06. The lowest BCUT2D eigenvalue weighted by molar-refractivity contribution is 0.341. The van der Waals surface area contributed by atoms with Crippen LogP contribution in [0.15, 0.2) is 61.0 Å². The maximum Gasteiger partial charge on any atom is 0.0880 e. The van der Waals surface area contributed by atoms with Gasteiger partial charge in [0.2, 0.25) is 0 Å². The largest absolute Gasteiger partial charge is 0.504 e. The number of nitrogens with zero attached hydrogens (tertiary/aromatic N) is 1. The number of hydrogen-bond acceptors (Lipinski definition) is 3. The molecule has 0 aliphatic carbocycles. The van der Waals surface area contributed by atoms with E-state index in [1.54, 1.807) is 24.7 Å². The van der Waals surface area contributed by atoms with Crippen molar-refractivity contribution in [3.8, 4) is 21.7 Å². The average Bonchev–Trinajstić information content (AvgIpc) is 3.09. The number of halogens is 1. The SMILES string of the molecule is CO/C=C/c1cc(Cl)ccc1-c1cc2ccnc(-c3cc(C)cc(C)c3)c2s1. The van der Waals surface area contributed by atoms with Crippen LogP contribution in [0.4, 0.5) is 0 Å². The molecule has 0 atom stereocenters. The predicted octanol–water partition coefficient (Wildman–Crippen LogP) is 7.52. The molecule has 28 heavy (non-hydrogen) atoms. The number of hydrogen-bond donors (Lipinski definition) is 0. The van der Waals surface area contributed by atoms with Gasteiger partial charge in [-0.15, -0.1) is 11.3 Å². The molecule has 0 saturated carbocycles.